The zero-order valence-electron chi connectivity index (χ0n) is 14.6. The molecule has 1 aromatic carbocycles. The number of halogens is 2. The molecule has 1 heterocycles. The number of benzene rings is 1. The van der Waals surface area contributed by atoms with Gasteiger partial charge in [0.25, 0.3) is 0 Å². The Morgan fingerprint density at radius 2 is 2.00 bits per heavy atom. The summed E-state index contributed by atoms with van der Waals surface area (Å²) >= 11 is 3.55. The van der Waals surface area contributed by atoms with E-state index in [9.17, 15) is 4.79 Å². The van der Waals surface area contributed by atoms with Crippen LogP contribution in [0.3, 0.4) is 0 Å². The fraction of sp³-hybridized carbons (Fsp3) is 0.611. The smallest absolute Gasteiger partial charge is 0.236 e. The van der Waals surface area contributed by atoms with Crippen molar-refractivity contribution in [3.05, 3.63) is 34.3 Å². The highest BCUT2D eigenvalue weighted by Gasteiger charge is 2.21. The molecule has 0 aromatic heterocycles. The number of hydrogen-bond donors (Lipinski definition) is 1. The lowest BCUT2D eigenvalue weighted by atomic mass is 9.97. The minimum atomic E-state index is 0. The zero-order valence-corrected chi connectivity index (χ0v) is 17.0. The molecule has 1 amide bonds. The van der Waals surface area contributed by atoms with E-state index in [1.807, 2.05) is 30.1 Å². The number of carbonyl (C=O) groups excluding carboxylic acids is 1. The quantitative estimate of drug-likeness (QED) is 0.739. The van der Waals surface area contributed by atoms with Crippen LogP contribution in [0.15, 0.2) is 28.7 Å². The van der Waals surface area contributed by atoms with Gasteiger partial charge in [-0.1, -0.05) is 41.1 Å². The largest absolute Gasteiger partial charge is 0.340 e. The van der Waals surface area contributed by atoms with E-state index in [0.717, 1.165) is 42.1 Å². The number of carbonyl (C=O) groups is 1. The Kier molecular flexibility index (Phi) is 9.89. The summed E-state index contributed by atoms with van der Waals surface area (Å²) in [6.07, 6.45) is 2.38. The highest BCUT2D eigenvalue weighted by molar-refractivity contribution is 9.10. The molecule has 0 atom stereocenters. The van der Waals surface area contributed by atoms with Gasteiger partial charge in [0.2, 0.25) is 5.91 Å². The van der Waals surface area contributed by atoms with Crippen molar-refractivity contribution in [1.82, 2.24) is 15.1 Å². The first-order chi connectivity index (χ1) is 11.1. The van der Waals surface area contributed by atoms with Crippen molar-refractivity contribution in [2.75, 3.05) is 39.8 Å². The van der Waals surface area contributed by atoms with E-state index in [2.05, 4.69) is 39.1 Å². The van der Waals surface area contributed by atoms with Crippen LogP contribution in [0.1, 0.15) is 25.3 Å². The van der Waals surface area contributed by atoms with Crippen molar-refractivity contribution in [3.63, 3.8) is 0 Å². The van der Waals surface area contributed by atoms with Crippen LogP contribution in [0.5, 0.6) is 0 Å². The standard InChI is InChI=1S/C18H28BrN3O.ClH/c1-3-20-12-15-8-10-22(11-9-15)14-18(23)21(2)13-16-6-4-5-7-17(16)19;/h4-7,15,20H,3,8-14H2,1-2H3;1H. The Balaban J connectivity index is 0.00000288. The minimum Gasteiger partial charge on any atom is -0.340 e. The molecule has 24 heavy (non-hydrogen) atoms. The lowest BCUT2D eigenvalue weighted by molar-refractivity contribution is -0.132. The average Bonchev–Trinajstić information content (AvgIpc) is 2.56. The van der Waals surface area contributed by atoms with Gasteiger partial charge in [-0.25, -0.2) is 0 Å². The fourth-order valence-corrected chi connectivity index (χ4v) is 3.39. The van der Waals surface area contributed by atoms with Gasteiger partial charge in [-0.15, -0.1) is 12.4 Å². The van der Waals surface area contributed by atoms with E-state index >= 15 is 0 Å². The number of hydrogen-bond acceptors (Lipinski definition) is 3. The van der Waals surface area contributed by atoms with Gasteiger partial charge >= 0.3 is 0 Å². The molecule has 1 aromatic rings. The summed E-state index contributed by atoms with van der Waals surface area (Å²) in [4.78, 5) is 16.6. The molecule has 136 valence electrons. The number of likely N-dealkylation sites (tertiary alicyclic amines) is 1. The van der Waals surface area contributed by atoms with Gasteiger partial charge in [0, 0.05) is 18.1 Å². The van der Waals surface area contributed by atoms with Crippen LogP contribution < -0.4 is 5.32 Å². The molecule has 1 fully saturated rings. The average molecular weight is 419 g/mol. The lowest BCUT2D eigenvalue weighted by Crippen LogP contribution is -2.43. The maximum Gasteiger partial charge on any atom is 0.236 e. The molecule has 0 saturated carbocycles. The molecule has 2 rings (SSSR count). The second kappa shape index (κ2) is 11.1. The molecule has 0 unspecified atom stereocenters. The van der Waals surface area contributed by atoms with E-state index < -0.39 is 0 Å². The molecule has 0 radical (unpaired) electrons. The van der Waals surface area contributed by atoms with Crippen LogP contribution in [-0.4, -0.2) is 55.5 Å². The van der Waals surface area contributed by atoms with Crippen molar-refractivity contribution in [2.45, 2.75) is 26.3 Å². The molecule has 4 nitrogen and oxygen atoms in total. The Morgan fingerprint density at radius 3 is 2.62 bits per heavy atom. The van der Waals surface area contributed by atoms with E-state index in [1.54, 1.807) is 0 Å². The molecule has 1 aliphatic heterocycles. The first-order valence-electron chi connectivity index (χ1n) is 8.50. The van der Waals surface area contributed by atoms with Gasteiger partial charge in [-0.05, 0) is 56.6 Å². The number of likely N-dealkylation sites (N-methyl/N-ethyl adjacent to an activating group) is 1. The maximum absolute atomic E-state index is 12.4. The monoisotopic (exact) mass is 417 g/mol. The van der Waals surface area contributed by atoms with E-state index in [4.69, 9.17) is 0 Å². The molecule has 1 saturated heterocycles. The minimum absolute atomic E-state index is 0. The third-order valence-corrected chi connectivity index (χ3v) is 5.31. The third kappa shape index (κ3) is 6.71. The van der Waals surface area contributed by atoms with Crippen molar-refractivity contribution >= 4 is 34.2 Å². The molecule has 0 spiro atoms. The molecular formula is C18H29BrClN3O. The molecule has 0 aliphatic carbocycles. The Bertz CT molecular complexity index is 507. The molecule has 1 aliphatic rings. The van der Waals surface area contributed by atoms with Crippen LogP contribution in [0, 0.1) is 5.92 Å². The van der Waals surface area contributed by atoms with Crippen LogP contribution in [-0.2, 0) is 11.3 Å². The highest BCUT2D eigenvalue weighted by atomic mass is 79.9. The third-order valence-electron chi connectivity index (χ3n) is 4.54. The molecule has 0 bridgehead atoms. The van der Waals surface area contributed by atoms with Crippen LogP contribution >= 0.6 is 28.3 Å². The van der Waals surface area contributed by atoms with Crippen LogP contribution in [0.4, 0.5) is 0 Å². The van der Waals surface area contributed by atoms with Crippen molar-refractivity contribution in [1.29, 1.82) is 0 Å². The Labute approximate surface area is 160 Å². The summed E-state index contributed by atoms with van der Waals surface area (Å²) in [5, 5.41) is 3.43. The summed E-state index contributed by atoms with van der Waals surface area (Å²) in [7, 11) is 1.89. The molecule has 1 N–H and O–H groups in total. The Hall–Kier alpha value is -0.620. The number of nitrogens with one attached hydrogen (secondary N) is 1. The summed E-state index contributed by atoms with van der Waals surface area (Å²) in [5.74, 6) is 0.963. The van der Waals surface area contributed by atoms with Crippen molar-refractivity contribution in [2.24, 2.45) is 5.92 Å². The SMILES string of the molecule is CCNCC1CCN(CC(=O)N(C)Cc2ccccc2Br)CC1.Cl. The van der Waals surface area contributed by atoms with Crippen molar-refractivity contribution < 1.29 is 4.79 Å². The van der Waals surface area contributed by atoms with Gasteiger partial charge < -0.3 is 10.2 Å². The predicted molar refractivity (Wildman–Crippen MR) is 106 cm³/mol. The molecular weight excluding hydrogens is 390 g/mol. The fourth-order valence-electron chi connectivity index (χ4n) is 2.98. The normalized spacial score (nSPS) is 15.8. The number of amides is 1. The number of piperidine rings is 1. The van der Waals surface area contributed by atoms with E-state index in [0.29, 0.717) is 13.1 Å². The number of rotatable bonds is 7. The van der Waals surface area contributed by atoms with Gasteiger partial charge in [0.15, 0.2) is 0 Å². The maximum atomic E-state index is 12.4. The second-order valence-electron chi connectivity index (χ2n) is 6.37. The van der Waals surface area contributed by atoms with E-state index in [1.165, 1.54) is 12.8 Å². The lowest BCUT2D eigenvalue weighted by Gasteiger charge is -2.32. The van der Waals surface area contributed by atoms with Gasteiger partial charge in [-0.2, -0.15) is 0 Å². The zero-order chi connectivity index (χ0) is 16.7. The van der Waals surface area contributed by atoms with Crippen LogP contribution in [0.25, 0.3) is 0 Å². The van der Waals surface area contributed by atoms with Gasteiger partial charge in [-0.3, -0.25) is 9.69 Å². The molecule has 6 heteroatoms. The summed E-state index contributed by atoms with van der Waals surface area (Å²) < 4.78 is 1.06. The summed E-state index contributed by atoms with van der Waals surface area (Å²) in [5.41, 5.74) is 1.15. The summed E-state index contributed by atoms with van der Waals surface area (Å²) in [6.45, 7) is 7.55. The van der Waals surface area contributed by atoms with Gasteiger partial charge in [0.1, 0.15) is 0 Å². The van der Waals surface area contributed by atoms with E-state index in [-0.39, 0.29) is 18.3 Å². The topological polar surface area (TPSA) is 35.6 Å². The Morgan fingerprint density at radius 1 is 1.33 bits per heavy atom. The van der Waals surface area contributed by atoms with Gasteiger partial charge in [0.05, 0.1) is 6.54 Å². The predicted octanol–water partition coefficient (Wildman–Crippen LogP) is 3.15. The summed E-state index contributed by atoms with van der Waals surface area (Å²) in [6, 6.07) is 8.07. The first-order valence-corrected chi connectivity index (χ1v) is 9.30. The van der Waals surface area contributed by atoms with Crippen molar-refractivity contribution in [3.8, 4) is 0 Å². The first kappa shape index (κ1) is 21.4. The second-order valence-corrected chi connectivity index (χ2v) is 7.22. The van der Waals surface area contributed by atoms with Crippen LogP contribution in [0.2, 0.25) is 0 Å². The highest BCUT2D eigenvalue weighted by Crippen LogP contribution is 2.18. The number of nitrogens with zero attached hydrogens (tertiary/aromatic N) is 2.